The van der Waals surface area contributed by atoms with E-state index < -0.39 is 0 Å². The molecule has 0 atom stereocenters. The average molecular weight is 217 g/mol. The standard InChI is InChI=1S/C12H9ClN2/c13-12-6-3-8-14-9-7-10-4-1-2-5-11(10)15(12)14/h1-9H. The lowest BCUT2D eigenvalue weighted by Crippen LogP contribution is -2.36. The zero-order valence-corrected chi connectivity index (χ0v) is 8.72. The van der Waals surface area contributed by atoms with Gasteiger partial charge in [0, 0.05) is 18.0 Å². The maximum atomic E-state index is 6.18. The van der Waals surface area contributed by atoms with Crippen molar-refractivity contribution in [1.29, 1.82) is 0 Å². The summed E-state index contributed by atoms with van der Waals surface area (Å²) in [7, 11) is 0. The number of rotatable bonds is 0. The molecule has 0 amide bonds. The monoisotopic (exact) mass is 216 g/mol. The highest BCUT2D eigenvalue weighted by Crippen LogP contribution is 2.33. The molecule has 2 nitrogen and oxygen atoms in total. The number of hydrazine groups is 1. The van der Waals surface area contributed by atoms with Crippen LogP contribution in [0.5, 0.6) is 0 Å². The van der Waals surface area contributed by atoms with Crippen molar-refractivity contribution in [2.45, 2.75) is 0 Å². The summed E-state index contributed by atoms with van der Waals surface area (Å²) < 4.78 is 0. The molecule has 2 aliphatic rings. The second-order valence-electron chi connectivity index (χ2n) is 3.40. The van der Waals surface area contributed by atoms with Gasteiger partial charge in [0.2, 0.25) is 0 Å². The molecule has 0 spiro atoms. The Kier molecular flexibility index (Phi) is 1.82. The molecule has 0 bridgehead atoms. The molecule has 0 radical (unpaired) electrons. The van der Waals surface area contributed by atoms with Crippen molar-refractivity contribution in [3.63, 3.8) is 0 Å². The summed E-state index contributed by atoms with van der Waals surface area (Å²) in [6, 6.07) is 8.17. The van der Waals surface area contributed by atoms with Crippen LogP contribution in [0.2, 0.25) is 0 Å². The molecule has 0 aromatic heterocycles. The molecular formula is C12H9ClN2. The van der Waals surface area contributed by atoms with Crippen LogP contribution in [0, 0.1) is 0 Å². The average Bonchev–Trinajstić information content (AvgIpc) is 2.29. The van der Waals surface area contributed by atoms with E-state index in [1.54, 1.807) is 0 Å². The molecule has 0 saturated heterocycles. The van der Waals surface area contributed by atoms with Crippen molar-refractivity contribution in [2.24, 2.45) is 0 Å². The fourth-order valence-electron chi connectivity index (χ4n) is 1.79. The SMILES string of the molecule is ClC1=CC=CN2C=Cc3ccccc3N12. The Hall–Kier alpha value is -1.67. The van der Waals surface area contributed by atoms with Crippen LogP contribution >= 0.6 is 11.6 Å². The number of halogens is 1. The number of allylic oxidation sites excluding steroid dienone is 2. The van der Waals surface area contributed by atoms with E-state index in [0.29, 0.717) is 5.16 Å². The number of para-hydroxylation sites is 1. The fraction of sp³-hybridized carbons (Fsp3) is 0. The first-order valence-electron chi connectivity index (χ1n) is 4.76. The Labute approximate surface area is 93.3 Å². The van der Waals surface area contributed by atoms with Crippen LogP contribution in [0.25, 0.3) is 6.08 Å². The first-order valence-corrected chi connectivity index (χ1v) is 5.14. The molecule has 0 saturated carbocycles. The van der Waals surface area contributed by atoms with Crippen molar-refractivity contribution in [3.8, 4) is 0 Å². The number of anilines is 1. The number of nitrogens with zero attached hydrogens (tertiary/aromatic N) is 2. The van der Waals surface area contributed by atoms with Crippen LogP contribution in [0.3, 0.4) is 0 Å². The summed E-state index contributed by atoms with van der Waals surface area (Å²) in [5.41, 5.74) is 2.28. The highest BCUT2D eigenvalue weighted by molar-refractivity contribution is 6.31. The normalized spacial score (nSPS) is 17.3. The van der Waals surface area contributed by atoms with Gasteiger partial charge in [-0.3, -0.25) is 5.01 Å². The molecule has 2 heterocycles. The van der Waals surface area contributed by atoms with Gasteiger partial charge in [-0.25, -0.2) is 5.01 Å². The predicted octanol–water partition coefficient (Wildman–Crippen LogP) is 3.30. The zero-order chi connectivity index (χ0) is 10.3. The van der Waals surface area contributed by atoms with Gasteiger partial charge in [0.1, 0.15) is 5.16 Å². The third-order valence-corrected chi connectivity index (χ3v) is 2.76. The van der Waals surface area contributed by atoms with E-state index >= 15 is 0 Å². The Morgan fingerprint density at radius 1 is 1.07 bits per heavy atom. The molecule has 3 heteroatoms. The van der Waals surface area contributed by atoms with E-state index in [-0.39, 0.29) is 0 Å². The van der Waals surface area contributed by atoms with Gasteiger partial charge in [-0.05, 0) is 24.3 Å². The van der Waals surface area contributed by atoms with E-state index in [1.807, 2.05) is 46.7 Å². The van der Waals surface area contributed by atoms with E-state index in [0.717, 1.165) is 5.69 Å². The number of benzene rings is 1. The summed E-state index contributed by atoms with van der Waals surface area (Å²) >= 11 is 6.18. The predicted molar refractivity (Wildman–Crippen MR) is 62.9 cm³/mol. The highest BCUT2D eigenvalue weighted by Gasteiger charge is 2.21. The molecule has 15 heavy (non-hydrogen) atoms. The highest BCUT2D eigenvalue weighted by atomic mass is 35.5. The minimum Gasteiger partial charge on any atom is -0.263 e. The van der Waals surface area contributed by atoms with Crippen molar-refractivity contribution < 1.29 is 0 Å². The van der Waals surface area contributed by atoms with Crippen LogP contribution < -0.4 is 5.01 Å². The Morgan fingerprint density at radius 2 is 1.93 bits per heavy atom. The fourth-order valence-corrected chi connectivity index (χ4v) is 2.04. The van der Waals surface area contributed by atoms with Crippen molar-refractivity contribution >= 4 is 23.4 Å². The third-order valence-electron chi connectivity index (χ3n) is 2.48. The van der Waals surface area contributed by atoms with Gasteiger partial charge in [-0.1, -0.05) is 29.8 Å². The van der Waals surface area contributed by atoms with Crippen molar-refractivity contribution in [3.05, 3.63) is 59.5 Å². The first kappa shape index (κ1) is 8.62. The molecule has 2 aliphatic heterocycles. The molecular weight excluding hydrogens is 208 g/mol. The third kappa shape index (κ3) is 1.26. The first-order chi connectivity index (χ1) is 7.36. The summed E-state index contributed by atoms with van der Waals surface area (Å²) in [6.45, 7) is 0. The van der Waals surface area contributed by atoms with Crippen molar-refractivity contribution in [2.75, 3.05) is 5.01 Å². The molecule has 74 valence electrons. The molecule has 0 unspecified atom stereocenters. The molecule has 1 aromatic rings. The summed E-state index contributed by atoms with van der Waals surface area (Å²) in [5.74, 6) is 0. The van der Waals surface area contributed by atoms with Gasteiger partial charge in [-0.15, -0.1) is 0 Å². The minimum absolute atomic E-state index is 0.703. The quantitative estimate of drug-likeness (QED) is 0.614. The molecule has 0 N–H and O–H groups in total. The molecule has 1 aromatic carbocycles. The van der Waals surface area contributed by atoms with E-state index in [9.17, 15) is 0 Å². The van der Waals surface area contributed by atoms with Crippen LogP contribution in [0.4, 0.5) is 5.69 Å². The smallest absolute Gasteiger partial charge is 0.129 e. The lowest BCUT2D eigenvalue weighted by Gasteiger charge is -2.37. The van der Waals surface area contributed by atoms with Crippen LogP contribution in [-0.2, 0) is 0 Å². The number of fused-ring (bicyclic) bond motifs is 3. The summed E-state index contributed by atoms with van der Waals surface area (Å²) in [5, 5.41) is 4.64. The van der Waals surface area contributed by atoms with Crippen LogP contribution in [0.1, 0.15) is 5.56 Å². The van der Waals surface area contributed by atoms with E-state index in [2.05, 4.69) is 18.2 Å². The summed E-state index contributed by atoms with van der Waals surface area (Å²) in [6.07, 6.45) is 9.85. The van der Waals surface area contributed by atoms with Gasteiger partial charge >= 0.3 is 0 Å². The Balaban J connectivity index is 2.18. The minimum atomic E-state index is 0.703. The Bertz CT molecular complexity index is 488. The van der Waals surface area contributed by atoms with Gasteiger partial charge in [0.05, 0.1) is 5.69 Å². The Morgan fingerprint density at radius 3 is 2.87 bits per heavy atom. The topological polar surface area (TPSA) is 6.48 Å². The molecule has 0 aliphatic carbocycles. The van der Waals surface area contributed by atoms with E-state index in [1.165, 1.54) is 5.56 Å². The maximum Gasteiger partial charge on any atom is 0.129 e. The van der Waals surface area contributed by atoms with Gasteiger partial charge in [0.15, 0.2) is 0 Å². The lowest BCUT2D eigenvalue weighted by molar-refractivity contribution is 0.499. The number of hydrogen-bond acceptors (Lipinski definition) is 2. The van der Waals surface area contributed by atoms with Gasteiger partial charge < -0.3 is 0 Å². The van der Waals surface area contributed by atoms with Gasteiger partial charge in [0.25, 0.3) is 0 Å². The maximum absolute atomic E-state index is 6.18. The van der Waals surface area contributed by atoms with E-state index in [4.69, 9.17) is 11.6 Å². The van der Waals surface area contributed by atoms with Crippen LogP contribution in [-0.4, -0.2) is 5.01 Å². The summed E-state index contributed by atoms with van der Waals surface area (Å²) in [4.78, 5) is 0. The molecule has 0 fully saturated rings. The largest absolute Gasteiger partial charge is 0.263 e. The second kappa shape index (κ2) is 3.17. The van der Waals surface area contributed by atoms with Crippen LogP contribution in [0.15, 0.2) is 54.0 Å². The second-order valence-corrected chi connectivity index (χ2v) is 3.78. The van der Waals surface area contributed by atoms with Crippen molar-refractivity contribution in [1.82, 2.24) is 5.01 Å². The number of hydrogen-bond donors (Lipinski definition) is 0. The lowest BCUT2D eigenvalue weighted by atomic mass is 10.1. The molecule has 3 rings (SSSR count). The zero-order valence-electron chi connectivity index (χ0n) is 7.97. The van der Waals surface area contributed by atoms with Gasteiger partial charge in [-0.2, -0.15) is 0 Å².